The molecular weight excluding hydrogens is 199 g/mol. The van der Waals surface area contributed by atoms with Crippen molar-refractivity contribution in [2.75, 3.05) is 6.18 Å². The van der Waals surface area contributed by atoms with E-state index in [4.69, 9.17) is 4.11 Å². The molecule has 0 aromatic rings. The highest BCUT2D eigenvalue weighted by molar-refractivity contribution is 14.1. The second-order valence-corrected chi connectivity index (χ2v) is 2.63. The number of halogens is 1. The van der Waals surface area contributed by atoms with Gasteiger partial charge in [-0.2, -0.15) is 0 Å². The molecular formula is C2H3IOS. The summed E-state index contributed by atoms with van der Waals surface area (Å²) in [6.07, 6.45) is -2.17. The van der Waals surface area contributed by atoms with Gasteiger partial charge in [-0.15, -0.1) is 0 Å². The molecule has 0 unspecified atom stereocenters. The molecule has 5 heavy (non-hydrogen) atoms. The van der Waals surface area contributed by atoms with Crippen LogP contribution in [0.3, 0.4) is 0 Å². The number of hydrogen-bond acceptors (Lipinski definition) is 2. The van der Waals surface area contributed by atoms with Crippen molar-refractivity contribution < 1.29 is 8.91 Å². The molecule has 0 aromatic carbocycles. The molecule has 30 valence electrons. The van der Waals surface area contributed by atoms with E-state index in [2.05, 4.69) is 0 Å². The first-order chi connectivity index (χ1) is 3.42. The molecule has 0 aliphatic heterocycles. The first-order valence-corrected chi connectivity index (χ1v) is 2.70. The van der Waals surface area contributed by atoms with Crippen LogP contribution >= 0.6 is 34.4 Å². The van der Waals surface area contributed by atoms with E-state index in [9.17, 15) is 4.79 Å². The summed E-state index contributed by atoms with van der Waals surface area (Å²) in [7, 11) is 0. The molecule has 0 spiro atoms. The quantitative estimate of drug-likeness (QED) is 0.443. The maximum Gasteiger partial charge on any atom is 0.248 e. The van der Waals surface area contributed by atoms with Gasteiger partial charge in [0, 0.05) is 26.7 Å². The van der Waals surface area contributed by atoms with Gasteiger partial charge in [0.05, 0.1) is 0 Å². The standard InChI is InChI=1S/C2H3IOS/c1-5-2(3)4/h1H3/i1D3. The van der Waals surface area contributed by atoms with Crippen molar-refractivity contribution in [2.24, 2.45) is 0 Å². The molecule has 0 saturated carbocycles. The van der Waals surface area contributed by atoms with E-state index < -0.39 is 9.31 Å². The van der Waals surface area contributed by atoms with E-state index in [1.165, 1.54) is 22.6 Å². The van der Waals surface area contributed by atoms with Crippen molar-refractivity contribution in [3.8, 4) is 0 Å². The summed E-state index contributed by atoms with van der Waals surface area (Å²) < 4.78 is 19.2. The fourth-order valence-corrected chi connectivity index (χ4v) is 0. The van der Waals surface area contributed by atoms with Crippen LogP contribution in [0.5, 0.6) is 0 Å². The first-order valence-electron chi connectivity index (χ1n) is 2.30. The van der Waals surface area contributed by atoms with Crippen molar-refractivity contribution in [1.82, 2.24) is 0 Å². The molecule has 0 aliphatic carbocycles. The summed E-state index contributed by atoms with van der Waals surface area (Å²) in [6.45, 7) is 0. The summed E-state index contributed by atoms with van der Waals surface area (Å²) >= 11 is 1.79. The average Bonchev–Trinajstić information content (AvgIpc) is 1.21. The lowest BCUT2D eigenvalue weighted by molar-refractivity contribution is 0.278. The van der Waals surface area contributed by atoms with E-state index in [1.54, 1.807) is 0 Å². The van der Waals surface area contributed by atoms with Crippen molar-refractivity contribution in [2.45, 2.75) is 0 Å². The number of carbonyl (C=O) groups excluding carboxylic acids is 1. The number of carbonyl (C=O) groups is 1. The molecule has 0 heterocycles. The maximum absolute atomic E-state index is 10.0. The van der Waals surface area contributed by atoms with Gasteiger partial charge >= 0.3 is 0 Å². The highest BCUT2D eigenvalue weighted by atomic mass is 127. The third-order valence-corrected chi connectivity index (χ3v) is 0.901. The van der Waals surface area contributed by atoms with E-state index in [1.807, 2.05) is 0 Å². The Bertz CT molecular complexity index is 99.9. The highest BCUT2D eigenvalue weighted by Gasteiger charge is 1.80. The Morgan fingerprint density at radius 2 is 3.00 bits per heavy atom. The van der Waals surface area contributed by atoms with Gasteiger partial charge in [0.15, 0.2) is 0 Å². The van der Waals surface area contributed by atoms with Crippen LogP contribution in [0.25, 0.3) is 0 Å². The van der Waals surface area contributed by atoms with Gasteiger partial charge in [0.25, 0.3) is 0 Å². The second kappa shape index (κ2) is 2.96. The summed E-state index contributed by atoms with van der Waals surface area (Å²) in [4.78, 5) is 10.0. The highest BCUT2D eigenvalue weighted by Crippen LogP contribution is 2.02. The van der Waals surface area contributed by atoms with E-state index >= 15 is 0 Å². The minimum Gasteiger partial charge on any atom is -0.275 e. The molecule has 1 nitrogen and oxygen atoms in total. The molecule has 0 atom stereocenters. The third-order valence-electron chi connectivity index (χ3n) is 0.0802. The Morgan fingerprint density at radius 1 is 2.40 bits per heavy atom. The number of rotatable bonds is 0. The summed E-state index contributed by atoms with van der Waals surface area (Å²) in [5.74, 6) is 0. The minimum atomic E-state index is -2.17. The largest absolute Gasteiger partial charge is 0.275 e. The topological polar surface area (TPSA) is 17.1 Å². The molecule has 0 radical (unpaired) electrons. The maximum atomic E-state index is 10.0. The predicted molar refractivity (Wildman–Crippen MR) is 32.9 cm³/mol. The minimum absolute atomic E-state index is 0.359. The zero-order valence-corrected chi connectivity index (χ0v) is 5.17. The smallest absolute Gasteiger partial charge is 0.248 e. The normalized spacial score (nSPS) is 19.0. The van der Waals surface area contributed by atoms with Crippen molar-refractivity contribution in [3.63, 3.8) is 0 Å². The van der Waals surface area contributed by atoms with Gasteiger partial charge in [-0.1, -0.05) is 11.8 Å². The lowest BCUT2D eigenvalue weighted by Crippen LogP contribution is -1.59. The summed E-state index contributed by atoms with van der Waals surface area (Å²) in [5, 5.41) is 0. The summed E-state index contributed by atoms with van der Waals surface area (Å²) in [5.41, 5.74) is 0. The lowest BCUT2D eigenvalue weighted by Gasteiger charge is -1.69. The van der Waals surface area contributed by atoms with Gasteiger partial charge in [0.2, 0.25) is 3.12 Å². The van der Waals surface area contributed by atoms with E-state index in [0.29, 0.717) is 11.8 Å². The van der Waals surface area contributed by atoms with Crippen LogP contribution in [-0.4, -0.2) is 9.31 Å². The zero-order chi connectivity index (χ0) is 6.78. The fourth-order valence-electron chi connectivity index (χ4n) is 0. The SMILES string of the molecule is [2H]C([2H])([2H])SC(=O)I. The molecule has 0 amide bonds. The van der Waals surface area contributed by atoms with Gasteiger partial charge in [0.1, 0.15) is 0 Å². The van der Waals surface area contributed by atoms with Crippen LogP contribution in [0.2, 0.25) is 0 Å². The van der Waals surface area contributed by atoms with Gasteiger partial charge < -0.3 is 0 Å². The Labute approximate surface area is 52.9 Å². The van der Waals surface area contributed by atoms with Crippen molar-refractivity contribution in [1.29, 1.82) is 0 Å². The molecule has 3 heteroatoms. The van der Waals surface area contributed by atoms with Gasteiger partial charge in [-0.05, 0) is 6.18 Å². The van der Waals surface area contributed by atoms with Crippen LogP contribution in [-0.2, 0) is 0 Å². The van der Waals surface area contributed by atoms with Crippen LogP contribution in [0.15, 0.2) is 0 Å². The lowest BCUT2D eigenvalue weighted by atomic mass is 11.8. The van der Waals surface area contributed by atoms with Crippen molar-refractivity contribution >= 4 is 37.5 Å². The van der Waals surface area contributed by atoms with E-state index in [-0.39, 0.29) is 0 Å². The number of hydrogen-bond donors (Lipinski definition) is 0. The molecule has 0 bridgehead atoms. The van der Waals surface area contributed by atoms with Gasteiger partial charge in [-0.25, -0.2) is 0 Å². The molecule has 0 saturated heterocycles. The van der Waals surface area contributed by atoms with Gasteiger partial charge in [-0.3, -0.25) is 4.79 Å². The molecule has 0 N–H and O–H groups in total. The molecule has 0 fully saturated rings. The van der Waals surface area contributed by atoms with E-state index in [0.717, 1.165) is 0 Å². The van der Waals surface area contributed by atoms with Crippen molar-refractivity contribution in [3.05, 3.63) is 0 Å². The number of thioether (sulfide) groups is 1. The predicted octanol–water partition coefficient (Wildman–Crippen LogP) is 1.90. The van der Waals surface area contributed by atoms with Crippen LogP contribution in [0, 0.1) is 0 Å². The Kier molecular flexibility index (Phi) is 1.28. The first kappa shape index (κ1) is 2.16. The zero-order valence-electron chi connectivity index (χ0n) is 5.19. The Hall–Kier alpha value is 0.750. The monoisotopic (exact) mass is 205 g/mol. The second-order valence-electron chi connectivity index (χ2n) is 0.340. The average molecular weight is 205 g/mol. The summed E-state index contributed by atoms with van der Waals surface area (Å²) in [6, 6.07) is 0. The van der Waals surface area contributed by atoms with Crippen LogP contribution in [0.1, 0.15) is 4.11 Å². The third kappa shape index (κ3) is 4.75. The molecule has 0 aromatic heterocycles. The van der Waals surface area contributed by atoms with Crippen LogP contribution in [0.4, 0.5) is 4.79 Å². The molecule has 0 aliphatic rings. The Morgan fingerprint density at radius 3 is 3.00 bits per heavy atom. The molecule has 0 rings (SSSR count). The fraction of sp³-hybridized carbons (Fsp3) is 0.500. The Balaban J connectivity index is 3.55. The van der Waals surface area contributed by atoms with Crippen LogP contribution < -0.4 is 0 Å².